The number of hydrazone groups is 1. The Morgan fingerprint density at radius 2 is 1.87 bits per heavy atom. The van der Waals surface area contributed by atoms with Crippen molar-refractivity contribution in [1.82, 2.24) is 5.43 Å². The quantitative estimate of drug-likeness (QED) is 0.202. The van der Waals surface area contributed by atoms with Gasteiger partial charge in [-0.1, -0.05) is 6.92 Å². The number of rotatable bonds is 11. The van der Waals surface area contributed by atoms with E-state index in [4.69, 9.17) is 18.9 Å². The second kappa shape index (κ2) is 12.8. The minimum Gasteiger partial charge on any atom is -0.494 e. The summed E-state index contributed by atoms with van der Waals surface area (Å²) >= 11 is 2.07. The first-order chi connectivity index (χ1) is 15.0. The molecule has 2 aromatic carbocycles. The molecule has 0 aliphatic carbocycles. The number of amides is 1. The Morgan fingerprint density at radius 1 is 1.13 bits per heavy atom. The van der Waals surface area contributed by atoms with Gasteiger partial charge in [0.1, 0.15) is 5.75 Å². The topological polar surface area (TPSA) is 95.5 Å². The summed E-state index contributed by atoms with van der Waals surface area (Å²) < 4.78 is 22.0. The average Bonchev–Trinajstić information content (AvgIpc) is 2.77. The molecule has 8 nitrogen and oxygen atoms in total. The normalized spacial score (nSPS) is 10.6. The van der Waals surface area contributed by atoms with Crippen molar-refractivity contribution in [2.24, 2.45) is 5.10 Å². The van der Waals surface area contributed by atoms with Gasteiger partial charge in [-0.25, -0.2) is 10.2 Å². The van der Waals surface area contributed by atoms with Crippen molar-refractivity contribution in [3.8, 4) is 17.2 Å². The fourth-order valence-corrected chi connectivity index (χ4v) is 3.22. The zero-order valence-corrected chi connectivity index (χ0v) is 19.8. The third kappa shape index (κ3) is 7.74. The molecule has 0 atom stereocenters. The summed E-state index contributed by atoms with van der Waals surface area (Å²) in [7, 11) is 1.50. The number of esters is 1. The van der Waals surface area contributed by atoms with Crippen LogP contribution < -0.4 is 19.6 Å². The van der Waals surface area contributed by atoms with E-state index in [1.165, 1.54) is 13.3 Å². The van der Waals surface area contributed by atoms with Gasteiger partial charge in [-0.3, -0.25) is 4.79 Å². The Bertz CT molecular complexity index is 915. The maximum atomic E-state index is 12.3. The number of ether oxygens (including phenoxy) is 4. The van der Waals surface area contributed by atoms with E-state index < -0.39 is 5.97 Å². The van der Waals surface area contributed by atoms with Gasteiger partial charge in [0.25, 0.3) is 5.91 Å². The van der Waals surface area contributed by atoms with Crippen LogP contribution in [0.25, 0.3) is 0 Å². The Labute approximate surface area is 195 Å². The predicted molar refractivity (Wildman–Crippen MR) is 125 cm³/mol. The molecule has 0 unspecified atom stereocenters. The maximum absolute atomic E-state index is 12.3. The lowest BCUT2D eigenvalue weighted by molar-refractivity contribution is -0.145. The molecule has 0 aliphatic heterocycles. The van der Waals surface area contributed by atoms with Gasteiger partial charge in [0.05, 0.1) is 30.1 Å². The molecule has 0 saturated carbocycles. The average molecular weight is 540 g/mol. The molecule has 1 N–H and O–H groups in total. The van der Waals surface area contributed by atoms with Gasteiger partial charge in [0.2, 0.25) is 0 Å². The van der Waals surface area contributed by atoms with Crippen LogP contribution in [-0.2, 0) is 9.53 Å². The highest BCUT2D eigenvalue weighted by Crippen LogP contribution is 2.33. The Kier molecular flexibility index (Phi) is 10.1. The zero-order valence-electron chi connectivity index (χ0n) is 17.6. The molecular weight excluding hydrogens is 515 g/mol. The van der Waals surface area contributed by atoms with Crippen LogP contribution in [0.1, 0.15) is 36.2 Å². The molecule has 0 saturated heterocycles. The first kappa shape index (κ1) is 24.4. The van der Waals surface area contributed by atoms with Gasteiger partial charge in [-0.2, -0.15) is 5.10 Å². The van der Waals surface area contributed by atoms with Crippen molar-refractivity contribution < 1.29 is 28.5 Å². The van der Waals surface area contributed by atoms with Crippen molar-refractivity contribution in [2.45, 2.75) is 20.3 Å². The van der Waals surface area contributed by atoms with E-state index in [0.29, 0.717) is 35.0 Å². The Morgan fingerprint density at radius 3 is 2.52 bits per heavy atom. The first-order valence-electron chi connectivity index (χ1n) is 9.70. The fraction of sp³-hybridized carbons (Fsp3) is 0.318. The number of hydrogen-bond donors (Lipinski definition) is 1. The molecule has 2 aromatic rings. The van der Waals surface area contributed by atoms with Crippen LogP contribution >= 0.6 is 22.6 Å². The lowest BCUT2D eigenvalue weighted by Crippen LogP contribution is -2.17. The second-order valence-electron chi connectivity index (χ2n) is 6.20. The smallest absolute Gasteiger partial charge is 0.344 e. The molecule has 0 spiro atoms. The standard InChI is InChI=1S/C22H25IN2O6/c1-4-10-30-17-8-6-16(7-9-17)22(27)25-24-13-15-11-18(23)21(19(12-15)28-3)31-14-20(26)29-5-2/h6-9,11-13H,4-5,10,14H2,1-3H3,(H,25,27)/b24-13+. The highest BCUT2D eigenvalue weighted by molar-refractivity contribution is 14.1. The first-order valence-corrected chi connectivity index (χ1v) is 10.8. The highest BCUT2D eigenvalue weighted by Gasteiger charge is 2.13. The van der Waals surface area contributed by atoms with Gasteiger partial charge >= 0.3 is 5.97 Å². The molecule has 1 amide bonds. The van der Waals surface area contributed by atoms with Gasteiger partial charge in [0, 0.05) is 5.56 Å². The maximum Gasteiger partial charge on any atom is 0.344 e. The van der Waals surface area contributed by atoms with E-state index in [1.807, 2.05) is 6.92 Å². The van der Waals surface area contributed by atoms with Crippen LogP contribution in [0.5, 0.6) is 17.2 Å². The van der Waals surface area contributed by atoms with Crippen molar-refractivity contribution in [3.63, 3.8) is 0 Å². The number of carbonyl (C=O) groups is 2. The van der Waals surface area contributed by atoms with Crippen LogP contribution in [0.4, 0.5) is 0 Å². The van der Waals surface area contributed by atoms with E-state index in [1.54, 1.807) is 43.3 Å². The van der Waals surface area contributed by atoms with Crippen molar-refractivity contribution in [3.05, 3.63) is 51.1 Å². The SMILES string of the molecule is CCCOc1ccc(C(=O)N/N=C/c2cc(I)c(OCC(=O)OCC)c(OC)c2)cc1. The molecule has 2 rings (SSSR count). The number of hydrogen-bond acceptors (Lipinski definition) is 7. The second-order valence-corrected chi connectivity index (χ2v) is 7.36. The molecule has 0 fully saturated rings. The van der Waals surface area contributed by atoms with Crippen LogP contribution in [-0.4, -0.2) is 45.0 Å². The van der Waals surface area contributed by atoms with Crippen molar-refractivity contribution >= 4 is 40.7 Å². The molecule has 0 radical (unpaired) electrons. The van der Waals surface area contributed by atoms with E-state index >= 15 is 0 Å². The summed E-state index contributed by atoms with van der Waals surface area (Å²) in [6, 6.07) is 10.3. The highest BCUT2D eigenvalue weighted by atomic mass is 127. The number of carbonyl (C=O) groups excluding carboxylic acids is 2. The lowest BCUT2D eigenvalue weighted by Gasteiger charge is -2.13. The van der Waals surface area contributed by atoms with E-state index in [-0.39, 0.29) is 19.1 Å². The molecule has 0 aliphatic rings. The van der Waals surface area contributed by atoms with E-state index in [2.05, 4.69) is 33.1 Å². The number of methoxy groups -OCH3 is 1. The van der Waals surface area contributed by atoms with E-state index in [0.717, 1.165) is 9.99 Å². The molecule has 9 heteroatoms. The fourth-order valence-electron chi connectivity index (χ4n) is 2.44. The molecule has 166 valence electrons. The predicted octanol–water partition coefficient (Wildman–Crippen LogP) is 3.79. The molecule has 31 heavy (non-hydrogen) atoms. The van der Waals surface area contributed by atoms with Crippen LogP contribution in [0, 0.1) is 3.57 Å². The van der Waals surface area contributed by atoms with Gasteiger partial charge in [0.15, 0.2) is 18.1 Å². The summed E-state index contributed by atoms with van der Waals surface area (Å²) in [5, 5.41) is 4.01. The molecule has 0 bridgehead atoms. The van der Waals surface area contributed by atoms with Crippen LogP contribution in [0.3, 0.4) is 0 Å². The van der Waals surface area contributed by atoms with E-state index in [9.17, 15) is 9.59 Å². The number of nitrogens with zero attached hydrogens (tertiary/aromatic N) is 1. The minimum absolute atomic E-state index is 0.216. The number of benzene rings is 2. The summed E-state index contributed by atoms with van der Waals surface area (Å²) in [5.74, 6) is 0.788. The van der Waals surface area contributed by atoms with Crippen molar-refractivity contribution in [2.75, 3.05) is 26.9 Å². The lowest BCUT2D eigenvalue weighted by atomic mass is 10.2. The minimum atomic E-state index is -0.460. The van der Waals surface area contributed by atoms with Gasteiger partial charge < -0.3 is 18.9 Å². The zero-order chi connectivity index (χ0) is 22.6. The Hall–Kier alpha value is -2.82. The number of halogens is 1. The third-order valence-electron chi connectivity index (χ3n) is 3.86. The molecule has 0 aromatic heterocycles. The Balaban J connectivity index is 2.00. The molecular formula is C22H25IN2O6. The molecule has 0 heterocycles. The van der Waals surface area contributed by atoms with Crippen LogP contribution in [0.2, 0.25) is 0 Å². The largest absolute Gasteiger partial charge is 0.494 e. The summed E-state index contributed by atoms with van der Waals surface area (Å²) in [5.41, 5.74) is 3.65. The summed E-state index contributed by atoms with van der Waals surface area (Å²) in [6.07, 6.45) is 2.41. The van der Waals surface area contributed by atoms with Gasteiger partial charge in [-0.05, 0) is 77.9 Å². The summed E-state index contributed by atoms with van der Waals surface area (Å²) in [6.45, 7) is 4.46. The van der Waals surface area contributed by atoms with Gasteiger partial charge in [-0.15, -0.1) is 0 Å². The van der Waals surface area contributed by atoms with Crippen molar-refractivity contribution in [1.29, 1.82) is 0 Å². The summed E-state index contributed by atoms with van der Waals surface area (Å²) in [4.78, 5) is 23.8. The third-order valence-corrected chi connectivity index (χ3v) is 4.66. The van der Waals surface area contributed by atoms with Crippen LogP contribution in [0.15, 0.2) is 41.5 Å². The monoisotopic (exact) mass is 540 g/mol. The number of nitrogens with one attached hydrogen (secondary N) is 1.